The van der Waals surface area contributed by atoms with E-state index in [1.807, 2.05) is 61.5 Å². The van der Waals surface area contributed by atoms with Crippen LogP contribution in [0.15, 0.2) is 54.6 Å². The molecule has 0 saturated heterocycles. The Kier molecular flexibility index (Phi) is 4.34. The smallest absolute Gasteiger partial charge is 0.242 e. The van der Waals surface area contributed by atoms with Crippen LogP contribution in [0.3, 0.4) is 0 Å². The number of amides is 1. The van der Waals surface area contributed by atoms with Gasteiger partial charge in [0.15, 0.2) is 5.13 Å². The molecule has 0 aliphatic heterocycles. The number of fused-ring (bicyclic) bond motifs is 1. The van der Waals surface area contributed by atoms with E-state index in [4.69, 9.17) is 0 Å². The van der Waals surface area contributed by atoms with Crippen LogP contribution in [-0.4, -0.2) is 16.9 Å². The zero-order chi connectivity index (χ0) is 15.4. The molecule has 1 heterocycles. The first-order valence-corrected chi connectivity index (χ1v) is 7.98. The molecule has 3 rings (SSSR count). The average molecular weight is 311 g/mol. The van der Waals surface area contributed by atoms with E-state index in [0.717, 1.165) is 20.9 Å². The largest absolute Gasteiger partial charge is 0.350 e. The second kappa shape index (κ2) is 6.58. The Hall–Kier alpha value is -2.40. The summed E-state index contributed by atoms with van der Waals surface area (Å²) in [5.41, 5.74) is 2.04. The van der Waals surface area contributed by atoms with Gasteiger partial charge in [0, 0.05) is 6.54 Å². The summed E-state index contributed by atoms with van der Waals surface area (Å²) in [5.74, 6) is -0.0388. The maximum atomic E-state index is 12.1. The van der Waals surface area contributed by atoms with E-state index in [-0.39, 0.29) is 11.9 Å². The molecule has 1 atom stereocenters. The SMILES string of the molecule is C[C@@H](Nc1nc2ccccc2s1)C(=O)NCc1ccccc1. The van der Waals surface area contributed by atoms with Crippen molar-refractivity contribution in [2.45, 2.75) is 19.5 Å². The number of thiazole rings is 1. The maximum absolute atomic E-state index is 12.1. The molecule has 5 heteroatoms. The van der Waals surface area contributed by atoms with Crippen molar-refractivity contribution in [3.63, 3.8) is 0 Å². The van der Waals surface area contributed by atoms with Gasteiger partial charge in [-0.15, -0.1) is 0 Å². The van der Waals surface area contributed by atoms with Crippen molar-refractivity contribution in [1.29, 1.82) is 0 Å². The molecule has 0 unspecified atom stereocenters. The Morgan fingerprint density at radius 3 is 2.64 bits per heavy atom. The quantitative estimate of drug-likeness (QED) is 0.759. The number of nitrogens with one attached hydrogen (secondary N) is 2. The molecule has 0 bridgehead atoms. The first kappa shape index (κ1) is 14.5. The van der Waals surface area contributed by atoms with Gasteiger partial charge in [-0.3, -0.25) is 4.79 Å². The molecule has 22 heavy (non-hydrogen) atoms. The summed E-state index contributed by atoms with van der Waals surface area (Å²) in [4.78, 5) is 16.6. The molecule has 0 aliphatic carbocycles. The van der Waals surface area contributed by atoms with Crippen LogP contribution >= 0.6 is 11.3 Å². The molecule has 0 spiro atoms. The molecule has 1 amide bonds. The first-order valence-electron chi connectivity index (χ1n) is 7.16. The predicted molar refractivity (Wildman–Crippen MR) is 91.0 cm³/mol. The lowest BCUT2D eigenvalue weighted by atomic mass is 10.2. The van der Waals surface area contributed by atoms with Crippen LogP contribution in [-0.2, 0) is 11.3 Å². The van der Waals surface area contributed by atoms with Crippen LogP contribution in [0.1, 0.15) is 12.5 Å². The zero-order valence-corrected chi connectivity index (χ0v) is 13.1. The van der Waals surface area contributed by atoms with Crippen molar-refractivity contribution < 1.29 is 4.79 Å². The van der Waals surface area contributed by atoms with E-state index in [9.17, 15) is 4.79 Å². The molecular weight excluding hydrogens is 294 g/mol. The Morgan fingerprint density at radius 1 is 1.14 bits per heavy atom. The van der Waals surface area contributed by atoms with Gasteiger partial charge in [0.1, 0.15) is 6.04 Å². The third-order valence-corrected chi connectivity index (χ3v) is 4.30. The number of nitrogens with zero attached hydrogens (tertiary/aromatic N) is 1. The summed E-state index contributed by atoms with van der Waals surface area (Å²) in [6, 6.07) is 17.5. The summed E-state index contributed by atoms with van der Waals surface area (Å²) in [5, 5.41) is 6.86. The number of hydrogen-bond acceptors (Lipinski definition) is 4. The van der Waals surface area contributed by atoms with Gasteiger partial charge >= 0.3 is 0 Å². The van der Waals surface area contributed by atoms with E-state index in [2.05, 4.69) is 15.6 Å². The lowest BCUT2D eigenvalue weighted by Gasteiger charge is -2.13. The summed E-state index contributed by atoms with van der Waals surface area (Å²) < 4.78 is 1.11. The predicted octanol–water partition coefficient (Wildman–Crippen LogP) is 3.41. The van der Waals surface area contributed by atoms with E-state index in [0.29, 0.717) is 6.54 Å². The second-order valence-corrected chi connectivity index (χ2v) is 6.09. The minimum Gasteiger partial charge on any atom is -0.350 e. The highest BCUT2D eigenvalue weighted by Gasteiger charge is 2.14. The van der Waals surface area contributed by atoms with Gasteiger partial charge in [0.2, 0.25) is 5.91 Å². The number of benzene rings is 2. The van der Waals surface area contributed by atoms with Crippen LogP contribution in [0, 0.1) is 0 Å². The fraction of sp³-hybridized carbons (Fsp3) is 0.176. The fourth-order valence-corrected chi connectivity index (χ4v) is 3.08. The van der Waals surface area contributed by atoms with Gasteiger partial charge in [0.05, 0.1) is 10.2 Å². The maximum Gasteiger partial charge on any atom is 0.242 e. The second-order valence-electron chi connectivity index (χ2n) is 5.06. The van der Waals surface area contributed by atoms with Gasteiger partial charge in [-0.1, -0.05) is 53.8 Å². The van der Waals surface area contributed by atoms with Crippen molar-refractivity contribution >= 4 is 32.6 Å². The van der Waals surface area contributed by atoms with Gasteiger partial charge in [-0.05, 0) is 24.6 Å². The van der Waals surface area contributed by atoms with E-state index in [1.54, 1.807) is 11.3 Å². The summed E-state index contributed by atoms with van der Waals surface area (Å²) in [7, 11) is 0. The van der Waals surface area contributed by atoms with E-state index in [1.165, 1.54) is 0 Å². The van der Waals surface area contributed by atoms with Crippen molar-refractivity contribution in [3.05, 3.63) is 60.2 Å². The Morgan fingerprint density at radius 2 is 1.86 bits per heavy atom. The summed E-state index contributed by atoms with van der Waals surface area (Å²) in [6.07, 6.45) is 0. The lowest BCUT2D eigenvalue weighted by molar-refractivity contribution is -0.121. The number of carbonyl (C=O) groups excluding carboxylic acids is 1. The van der Waals surface area contributed by atoms with Crippen molar-refractivity contribution in [2.24, 2.45) is 0 Å². The van der Waals surface area contributed by atoms with E-state index >= 15 is 0 Å². The highest BCUT2D eigenvalue weighted by Crippen LogP contribution is 2.25. The molecule has 4 nitrogen and oxygen atoms in total. The normalized spacial score (nSPS) is 12.0. The number of para-hydroxylation sites is 1. The van der Waals surface area contributed by atoms with Crippen LogP contribution in [0.2, 0.25) is 0 Å². The third-order valence-electron chi connectivity index (χ3n) is 3.34. The van der Waals surface area contributed by atoms with Crippen molar-refractivity contribution in [3.8, 4) is 0 Å². The standard InChI is InChI=1S/C17H17N3OS/c1-12(16(21)18-11-13-7-3-2-4-8-13)19-17-20-14-9-5-6-10-15(14)22-17/h2-10,12H,11H2,1H3,(H,18,21)(H,19,20)/t12-/m1/s1. The molecule has 2 aromatic carbocycles. The highest BCUT2D eigenvalue weighted by molar-refractivity contribution is 7.22. The van der Waals surface area contributed by atoms with Crippen molar-refractivity contribution in [1.82, 2.24) is 10.3 Å². The van der Waals surface area contributed by atoms with Crippen molar-refractivity contribution in [2.75, 3.05) is 5.32 Å². The highest BCUT2D eigenvalue weighted by atomic mass is 32.1. The number of anilines is 1. The molecule has 2 N–H and O–H groups in total. The molecule has 3 aromatic rings. The van der Waals surface area contributed by atoms with Crippen LogP contribution < -0.4 is 10.6 Å². The Bertz CT molecular complexity index is 737. The van der Waals surface area contributed by atoms with E-state index < -0.39 is 0 Å². The summed E-state index contributed by atoms with van der Waals surface area (Å²) >= 11 is 1.56. The molecule has 0 fully saturated rings. The molecular formula is C17H17N3OS. The fourth-order valence-electron chi connectivity index (χ4n) is 2.12. The first-order chi connectivity index (χ1) is 10.7. The number of carbonyl (C=O) groups is 1. The van der Waals surface area contributed by atoms with Gasteiger partial charge in [-0.2, -0.15) is 0 Å². The molecule has 0 saturated carbocycles. The number of aromatic nitrogens is 1. The molecule has 112 valence electrons. The number of rotatable bonds is 5. The Balaban J connectivity index is 1.58. The number of hydrogen-bond donors (Lipinski definition) is 2. The minimum absolute atomic E-state index is 0.0388. The molecule has 1 aromatic heterocycles. The average Bonchev–Trinajstić information content (AvgIpc) is 2.95. The van der Waals surface area contributed by atoms with Crippen LogP contribution in [0.4, 0.5) is 5.13 Å². The molecule has 0 radical (unpaired) electrons. The van der Waals surface area contributed by atoms with Crippen LogP contribution in [0.5, 0.6) is 0 Å². The van der Waals surface area contributed by atoms with Crippen LogP contribution in [0.25, 0.3) is 10.2 Å². The van der Waals surface area contributed by atoms with Gasteiger partial charge in [0.25, 0.3) is 0 Å². The lowest BCUT2D eigenvalue weighted by Crippen LogP contribution is -2.37. The van der Waals surface area contributed by atoms with Gasteiger partial charge < -0.3 is 10.6 Å². The summed E-state index contributed by atoms with van der Waals surface area (Å²) in [6.45, 7) is 2.37. The topological polar surface area (TPSA) is 54.0 Å². The zero-order valence-electron chi connectivity index (χ0n) is 12.2. The third kappa shape index (κ3) is 3.43. The Labute approximate surface area is 133 Å². The van der Waals surface area contributed by atoms with Gasteiger partial charge in [-0.25, -0.2) is 4.98 Å². The monoisotopic (exact) mass is 311 g/mol. The molecule has 0 aliphatic rings. The minimum atomic E-state index is -0.329.